The second-order valence-electron chi connectivity index (χ2n) is 6.55. The number of imide groups is 2. The SMILES string of the molecule is CC(SSC(C)(C(=O)[O-])[N+]1(O)C(=O)CCC1=O)(C(=O)[O-])[N+]1(O)C(=O)CCC1=O. The molecule has 2 aliphatic heterocycles. The van der Waals surface area contributed by atoms with Gasteiger partial charge in [-0.25, -0.2) is 19.2 Å². The van der Waals surface area contributed by atoms with Gasteiger partial charge in [-0.2, -0.15) is 10.4 Å². The van der Waals surface area contributed by atoms with Gasteiger partial charge in [0.05, 0.1) is 25.7 Å². The molecule has 2 heterocycles. The first-order chi connectivity index (χ1) is 12.7. The van der Waals surface area contributed by atoms with E-state index in [1.54, 1.807) is 0 Å². The predicted octanol–water partition coefficient (Wildman–Crippen LogP) is -2.59. The molecule has 4 amide bonds. The molecule has 2 aliphatic rings. The fraction of sp³-hybridized carbons (Fsp3) is 0.571. The number of quaternary nitrogens is 2. The third-order valence-corrected chi connectivity index (χ3v) is 8.70. The average Bonchev–Trinajstić information content (AvgIpc) is 3.05. The highest BCUT2D eigenvalue weighted by atomic mass is 33.1. The van der Waals surface area contributed by atoms with E-state index in [9.17, 15) is 49.4 Å². The van der Waals surface area contributed by atoms with E-state index in [4.69, 9.17) is 0 Å². The van der Waals surface area contributed by atoms with Gasteiger partial charge in [0.25, 0.3) is 0 Å². The summed E-state index contributed by atoms with van der Waals surface area (Å²) in [4.78, 5) is 66.1. The molecular formula is C14H16N2O10S2. The molecule has 0 saturated carbocycles. The zero-order chi connectivity index (χ0) is 21.7. The Morgan fingerprint density at radius 1 is 0.750 bits per heavy atom. The molecule has 2 N–H and O–H groups in total. The number of hydroxylamine groups is 6. The smallest absolute Gasteiger partial charge is 0.355 e. The zero-order valence-corrected chi connectivity index (χ0v) is 16.3. The Morgan fingerprint density at radius 2 is 0.964 bits per heavy atom. The lowest BCUT2D eigenvalue weighted by Gasteiger charge is -2.42. The molecule has 0 radical (unpaired) electrons. The minimum absolute atomic E-state index is 0.00542. The van der Waals surface area contributed by atoms with Crippen molar-refractivity contribution in [2.75, 3.05) is 0 Å². The first-order valence-corrected chi connectivity index (χ1v) is 10.0. The van der Waals surface area contributed by atoms with Gasteiger partial charge in [-0.15, -0.1) is 0 Å². The molecule has 2 atom stereocenters. The van der Waals surface area contributed by atoms with Gasteiger partial charge in [-0.1, -0.05) is 0 Å². The van der Waals surface area contributed by atoms with Gasteiger partial charge >= 0.3 is 23.6 Å². The highest BCUT2D eigenvalue weighted by Gasteiger charge is 2.68. The Morgan fingerprint density at radius 3 is 1.14 bits per heavy atom. The molecule has 0 aromatic carbocycles. The van der Waals surface area contributed by atoms with Crippen molar-refractivity contribution in [2.24, 2.45) is 0 Å². The minimum Gasteiger partial charge on any atom is -0.543 e. The molecule has 2 rings (SSSR count). The molecule has 12 nitrogen and oxygen atoms in total. The lowest BCUT2D eigenvalue weighted by molar-refractivity contribution is -0.993. The molecular weight excluding hydrogens is 420 g/mol. The summed E-state index contributed by atoms with van der Waals surface area (Å²) in [5.41, 5.74) is 0. The van der Waals surface area contributed by atoms with Crippen LogP contribution in [0.4, 0.5) is 0 Å². The summed E-state index contributed by atoms with van der Waals surface area (Å²) in [6, 6.07) is 0. The predicted molar refractivity (Wildman–Crippen MR) is 84.6 cm³/mol. The standard InChI is InChI=1S/C14H16N2O10S2/c1-13(11(21)22,15(25)7(17)3-4-8(15)18)27-28-14(2,12(23)24)16(26)9(19)5-6-10(16)20/h25-26H,3-6H2,1-2H3. The monoisotopic (exact) mass is 436 g/mol. The Labute approximate surface area is 165 Å². The van der Waals surface area contributed by atoms with Gasteiger partial charge in [0, 0.05) is 13.8 Å². The number of amides is 4. The van der Waals surface area contributed by atoms with Crippen LogP contribution in [0.5, 0.6) is 0 Å². The summed E-state index contributed by atoms with van der Waals surface area (Å²) in [5, 5.41) is 44.5. The van der Waals surface area contributed by atoms with E-state index in [0.717, 1.165) is 13.8 Å². The number of nitrogens with zero attached hydrogens (tertiary/aromatic N) is 2. The van der Waals surface area contributed by atoms with Crippen molar-refractivity contribution in [2.45, 2.75) is 49.3 Å². The van der Waals surface area contributed by atoms with Gasteiger partial charge in [0.15, 0.2) is 0 Å². The molecule has 2 saturated heterocycles. The summed E-state index contributed by atoms with van der Waals surface area (Å²) in [5.74, 6) is -8.77. The molecule has 0 spiro atoms. The Bertz CT molecular complexity index is 716. The maximum Gasteiger partial charge on any atom is 0.355 e. The van der Waals surface area contributed by atoms with Crippen molar-refractivity contribution in [3.63, 3.8) is 0 Å². The van der Waals surface area contributed by atoms with Crippen LogP contribution in [0.3, 0.4) is 0 Å². The average molecular weight is 436 g/mol. The van der Waals surface area contributed by atoms with E-state index in [1.807, 2.05) is 0 Å². The van der Waals surface area contributed by atoms with E-state index < -0.39 is 80.3 Å². The van der Waals surface area contributed by atoms with Crippen molar-refractivity contribution >= 4 is 57.2 Å². The number of carbonyl (C=O) groups is 6. The zero-order valence-electron chi connectivity index (χ0n) is 14.7. The van der Waals surface area contributed by atoms with Crippen LogP contribution >= 0.6 is 21.6 Å². The van der Waals surface area contributed by atoms with Crippen LogP contribution in [-0.2, 0) is 28.8 Å². The van der Waals surface area contributed by atoms with Crippen molar-refractivity contribution < 1.29 is 58.7 Å². The van der Waals surface area contributed by atoms with Gasteiger partial charge in [0.1, 0.15) is 11.9 Å². The number of carboxylic acids is 2. The largest absolute Gasteiger partial charge is 0.543 e. The number of aliphatic carboxylic acids is 2. The number of hydrogen-bond donors (Lipinski definition) is 2. The number of rotatable bonds is 7. The van der Waals surface area contributed by atoms with E-state index in [1.165, 1.54) is 0 Å². The lowest BCUT2D eigenvalue weighted by Crippen LogP contribution is -2.71. The summed E-state index contributed by atoms with van der Waals surface area (Å²) in [7, 11) is -0.0108. The summed E-state index contributed by atoms with van der Waals surface area (Å²) in [6.07, 6.45) is -1.79. The Balaban J connectivity index is 2.49. The first-order valence-electron chi connectivity index (χ1n) is 7.86. The number of likely N-dealkylation sites (tertiary alicyclic amines) is 2. The second kappa shape index (κ2) is 6.89. The molecule has 28 heavy (non-hydrogen) atoms. The van der Waals surface area contributed by atoms with E-state index in [-0.39, 0.29) is 21.6 Å². The molecule has 14 heteroatoms. The molecule has 2 fully saturated rings. The lowest BCUT2D eigenvalue weighted by atomic mass is 10.2. The molecule has 0 bridgehead atoms. The number of carbonyl (C=O) groups excluding carboxylic acids is 6. The quantitative estimate of drug-likeness (QED) is 0.183. The number of carboxylic acid groups (broad SMARTS) is 2. The normalized spacial score (nSPS) is 25.4. The third-order valence-electron chi connectivity index (χ3n) is 4.91. The van der Waals surface area contributed by atoms with Crippen LogP contribution in [0, 0.1) is 0 Å². The fourth-order valence-corrected chi connectivity index (χ4v) is 6.02. The summed E-state index contributed by atoms with van der Waals surface area (Å²) in [6.45, 7) is 1.51. The van der Waals surface area contributed by atoms with Crippen molar-refractivity contribution in [3.05, 3.63) is 0 Å². The van der Waals surface area contributed by atoms with Crippen LogP contribution in [0.1, 0.15) is 39.5 Å². The third kappa shape index (κ3) is 2.71. The fourth-order valence-electron chi connectivity index (χ4n) is 2.91. The van der Waals surface area contributed by atoms with E-state index >= 15 is 0 Å². The molecule has 154 valence electrons. The van der Waals surface area contributed by atoms with Gasteiger partial charge in [-0.3, -0.25) is 0 Å². The Hall–Kier alpha value is -1.84. The molecule has 0 aromatic heterocycles. The van der Waals surface area contributed by atoms with Crippen LogP contribution in [0.2, 0.25) is 0 Å². The van der Waals surface area contributed by atoms with Crippen molar-refractivity contribution in [3.8, 4) is 0 Å². The van der Waals surface area contributed by atoms with Crippen molar-refractivity contribution in [1.29, 1.82) is 0 Å². The molecule has 0 aromatic rings. The summed E-state index contributed by atoms with van der Waals surface area (Å²) < 4.78 is -4.38. The summed E-state index contributed by atoms with van der Waals surface area (Å²) >= 11 is 0. The van der Waals surface area contributed by atoms with Crippen LogP contribution < -0.4 is 10.2 Å². The highest BCUT2D eigenvalue weighted by molar-refractivity contribution is 8.77. The highest BCUT2D eigenvalue weighted by Crippen LogP contribution is 2.52. The van der Waals surface area contributed by atoms with Gasteiger partial charge in [-0.05, 0) is 30.9 Å². The molecule has 2 unspecified atom stereocenters. The first kappa shape index (κ1) is 22.4. The van der Waals surface area contributed by atoms with Crippen LogP contribution in [-0.4, -0.2) is 65.0 Å². The number of hydrogen-bond acceptors (Lipinski definition) is 12. The molecule has 0 aliphatic carbocycles. The van der Waals surface area contributed by atoms with Crippen molar-refractivity contribution in [1.82, 2.24) is 0 Å². The maximum absolute atomic E-state index is 12.0. The topological polar surface area (TPSA) is 189 Å². The van der Waals surface area contributed by atoms with Gasteiger partial charge in [0.2, 0.25) is 9.74 Å². The van der Waals surface area contributed by atoms with E-state index in [0.29, 0.717) is 0 Å². The van der Waals surface area contributed by atoms with Crippen LogP contribution in [0.25, 0.3) is 0 Å². The van der Waals surface area contributed by atoms with E-state index in [2.05, 4.69) is 0 Å². The van der Waals surface area contributed by atoms with Gasteiger partial charge < -0.3 is 19.8 Å². The minimum atomic E-state index is -2.74. The second-order valence-corrected chi connectivity index (χ2v) is 9.48. The maximum atomic E-state index is 12.0. The van der Waals surface area contributed by atoms with Crippen LogP contribution in [0.15, 0.2) is 0 Å². The Kier molecular flexibility index (Phi) is 5.53.